The summed E-state index contributed by atoms with van der Waals surface area (Å²) in [6, 6.07) is 12.8. The van der Waals surface area contributed by atoms with Crippen LogP contribution in [0.15, 0.2) is 48.5 Å². The summed E-state index contributed by atoms with van der Waals surface area (Å²) in [4.78, 5) is 11.6. The summed E-state index contributed by atoms with van der Waals surface area (Å²) in [7, 11) is 1.62. The van der Waals surface area contributed by atoms with Crippen molar-refractivity contribution in [3.05, 3.63) is 59.7 Å². The predicted octanol–water partition coefficient (Wildman–Crippen LogP) is 3.03. The number of esters is 1. The Morgan fingerprint density at radius 2 is 1.96 bits per heavy atom. The van der Waals surface area contributed by atoms with Crippen LogP contribution in [0.2, 0.25) is 0 Å². The fourth-order valence-electron chi connectivity index (χ4n) is 2.16. The van der Waals surface area contributed by atoms with Gasteiger partial charge in [0, 0.05) is 11.5 Å². The molecule has 1 aliphatic rings. The topological polar surface area (TPSA) is 54.0 Å². The van der Waals surface area contributed by atoms with Gasteiger partial charge in [0.2, 0.25) is 6.79 Å². The van der Waals surface area contributed by atoms with E-state index in [1.54, 1.807) is 31.4 Å². The molecule has 0 radical (unpaired) electrons. The van der Waals surface area contributed by atoms with E-state index >= 15 is 0 Å². The van der Waals surface area contributed by atoms with Gasteiger partial charge in [-0.3, -0.25) is 0 Å². The molecule has 0 aliphatic carbocycles. The first-order chi connectivity index (χ1) is 12.2. The molecule has 5 nitrogen and oxygen atoms in total. The van der Waals surface area contributed by atoms with Gasteiger partial charge < -0.3 is 18.9 Å². The van der Waals surface area contributed by atoms with Crippen molar-refractivity contribution in [1.29, 1.82) is 0 Å². The van der Waals surface area contributed by atoms with E-state index in [0.717, 1.165) is 11.3 Å². The molecule has 2 aromatic rings. The smallest absolute Gasteiger partial charge is 0.385 e. The molecular weight excluding hydrogens is 320 g/mol. The highest BCUT2D eigenvalue weighted by atomic mass is 16.7. The van der Waals surface area contributed by atoms with Crippen LogP contribution in [0.1, 0.15) is 11.1 Å². The van der Waals surface area contributed by atoms with E-state index in [4.69, 9.17) is 18.9 Å². The number of fused-ring (bicyclic) bond motifs is 1. The molecule has 0 fully saturated rings. The number of carbonyl (C=O) groups is 1. The van der Waals surface area contributed by atoms with Gasteiger partial charge in [-0.15, -0.1) is 0 Å². The Hall–Kier alpha value is -3.39. The van der Waals surface area contributed by atoms with Gasteiger partial charge in [0.05, 0.1) is 7.11 Å². The zero-order valence-electron chi connectivity index (χ0n) is 13.7. The van der Waals surface area contributed by atoms with Crippen molar-refractivity contribution in [2.45, 2.75) is 0 Å². The SMILES string of the molecule is COc1ccc(/C=C/COC(=O)C#Cc2ccc3c(c2)OCO3)cc1. The number of methoxy groups -OCH3 is 1. The highest BCUT2D eigenvalue weighted by Crippen LogP contribution is 2.32. The summed E-state index contributed by atoms with van der Waals surface area (Å²) in [5.41, 5.74) is 1.65. The van der Waals surface area contributed by atoms with Gasteiger partial charge in [-0.2, -0.15) is 0 Å². The van der Waals surface area contributed by atoms with Crippen LogP contribution >= 0.6 is 0 Å². The zero-order valence-corrected chi connectivity index (χ0v) is 13.7. The maximum absolute atomic E-state index is 11.6. The first kappa shape index (κ1) is 16.5. The second-order valence-electron chi connectivity index (χ2n) is 5.09. The number of benzene rings is 2. The average Bonchev–Trinajstić information content (AvgIpc) is 3.12. The number of carbonyl (C=O) groups excluding carboxylic acids is 1. The van der Waals surface area contributed by atoms with Gasteiger partial charge in [-0.1, -0.05) is 24.1 Å². The van der Waals surface area contributed by atoms with E-state index in [1.807, 2.05) is 30.3 Å². The molecule has 0 spiro atoms. The molecule has 0 bridgehead atoms. The quantitative estimate of drug-likeness (QED) is 0.634. The molecule has 3 rings (SSSR count). The van der Waals surface area contributed by atoms with Crippen LogP contribution in [0.25, 0.3) is 6.08 Å². The summed E-state index contributed by atoms with van der Waals surface area (Å²) < 4.78 is 20.6. The maximum atomic E-state index is 11.6. The molecule has 2 aromatic carbocycles. The normalized spacial score (nSPS) is 11.7. The fraction of sp³-hybridized carbons (Fsp3) is 0.150. The van der Waals surface area contributed by atoms with E-state index in [1.165, 1.54) is 0 Å². The lowest BCUT2D eigenvalue weighted by molar-refractivity contribution is -0.135. The minimum absolute atomic E-state index is 0.153. The van der Waals surface area contributed by atoms with E-state index in [0.29, 0.717) is 17.1 Å². The van der Waals surface area contributed by atoms with Gasteiger partial charge in [0.15, 0.2) is 11.5 Å². The Bertz CT molecular complexity index is 841. The van der Waals surface area contributed by atoms with Gasteiger partial charge >= 0.3 is 5.97 Å². The standard InChI is InChI=1S/C20H16O5/c1-22-17-8-4-15(5-9-17)3-2-12-23-20(21)11-7-16-6-10-18-19(13-16)25-14-24-18/h2-6,8-10,13H,12,14H2,1H3/b3-2+. The van der Waals surface area contributed by atoms with Crippen molar-refractivity contribution in [2.24, 2.45) is 0 Å². The van der Waals surface area contributed by atoms with E-state index in [-0.39, 0.29) is 13.4 Å². The lowest BCUT2D eigenvalue weighted by atomic mass is 10.2. The Kier molecular flexibility index (Phi) is 5.22. The Morgan fingerprint density at radius 1 is 1.16 bits per heavy atom. The molecule has 0 unspecified atom stereocenters. The minimum Gasteiger partial charge on any atom is -0.497 e. The van der Waals surface area contributed by atoms with Crippen LogP contribution in [0.4, 0.5) is 0 Å². The lowest BCUT2D eigenvalue weighted by Gasteiger charge is -1.99. The summed E-state index contributed by atoms with van der Waals surface area (Å²) in [6.45, 7) is 0.357. The molecule has 5 heteroatoms. The molecule has 0 N–H and O–H groups in total. The van der Waals surface area contributed by atoms with Crippen molar-refractivity contribution in [2.75, 3.05) is 20.5 Å². The third-order valence-corrected chi connectivity index (χ3v) is 3.42. The first-order valence-electron chi connectivity index (χ1n) is 7.63. The molecule has 0 saturated carbocycles. The van der Waals surface area contributed by atoms with Crippen LogP contribution in [-0.4, -0.2) is 26.5 Å². The van der Waals surface area contributed by atoms with Gasteiger partial charge in [0.1, 0.15) is 12.4 Å². The van der Waals surface area contributed by atoms with Crippen molar-refractivity contribution >= 4 is 12.0 Å². The maximum Gasteiger partial charge on any atom is 0.385 e. The molecule has 0 aromatic heterocycles. The summed E-state index contributed by atoms with van der Waals surface area (Å²) in [6.07, 6.45) is 3.61. The third kappa shape index (κ3) is 4.55. The Labute approximate surface area is 145 Å². The Morgan fingerprint density at radius 3 is 2.76 bits per heavy atom. The Balaban J connectivity index is 1.49. The van der Waals surface area contributed by atoms with Crippen LogP contribution in [0.3, 0.4) is 0 Å². The second kappa shape index (κ2) is 7.93. The van der Waals surface area contributed by atoms with E-state index < -0.39 is 5.97 Å². The second-order valence-corrected chi connectivity index (χ2v) is 5.09. The number of ether oxygens (including phenoxy) is 4. The summed E-state index contributed by atoms with van der Waals surface area (Å²) in [5, 5.41) is 0. The van der Waals surface area contributed by atoms with E-state index in [2.05, 4.69) is 11.8 Å². The summed E-state index contributed by atoms with van der Waals surface area (Å²) >= 11 is 0. The van der Waals surface area contributed by atoms with Crippen LogP contribution < -0.4 is 14.2 Å². The predicted molar refractivity (Wildman–Crippen MR) is 92.4 cm³/mol. The molecule has 0 saturated heterocycles. The van der Waals surface area contributed by atoms with Gasteiger partial charge in [0.25, 0.3) is 0 Å². The highest BCUT2D eigenvalue weighted by molar-refractivity contribution is 5.89. The van der Waals surface area contributed by atoms with Crippen LogP contribution in [0, 0.1) is 11.8 Å². The molecule has 126 valence electrons. The molecule has 0 amide bonds. The van der Waals surface area contributed by atoms with Crippen molar-refractivity contribution in [3.8, 4) is 29.1 Å². The lowest BCUT2D eigenvalue weighted by Crippen LogP contribution is -2.00. The average molecular weight is 336 g/mol. The number of rotatable bonds is 4. The zero-order chi connectivity index (χ0) is 17.5. The van der Waals surface area contributed by atoms with Crippen LogP contribution in [-0.2, 0) is 9.53 Å². The molecule has 1 heterocycles. The molecule has 1 aliphatic heterocycles. The molecule has 25 heavy (non-hydrogen) atoms. The summed E-state index contributed by atoms with van der Waals surface area (Å²) in [5.74, 6) is 6.71. The number of hydrogen-bond acceptors (Lipinski definition) is 5. The molecular formula is C20H16O5. The largest absolute Gasteiger partial charge is 0.497 e. The van der Waals surface area contributed by atoms with Crippen molar-refractivity contribution in [3.63, 3.8) is 0 Å². The van der Waals surface area contributed by atoms with Crippen molar-refractivity contribution < 1.29 is 23.7 Å². The van der Waals surface area contributed by atoms with Crippen LogP contribution in [0.5, 0.6) is 17.2 Å². The first-order valence-corrected chi connectivity index (χ1v) is 7.63. The van der Waals surface area contributed by atoms with E-state index in [9.17, 15) is 4.79 Å². The highest BCUT2D eigenvalue weighted by Gasteiger charge is 2.12. The van der Waals surface area contributed by atoms with Gasteiger partial charge in [-0.25, -0.2) is 4.79 Å². The van der Waals surface area contributed by atoms with Gasteiger partial charge in [-0.05, 0) is 42.0 Å². The monoisotopic (exact) mass is 336 g/mol. The third-order valence-electron chi connectivity index (χ3n) is 3.42. The molecule has 0 atom stereocenters. The van der Waals surface area contributed by atoms with Crippen molar-refractivity contribution in [1.82, 2.24) is 0 Å². The number of hydrogen-bond donors (Lipinski definition) is 0. The fourth-order valence-corrected chi connectivity index (χ4v) is 2.16. The minimum atomic E-state index is -0.586.